The van der Waals surface area contributed by atoms with Crippen LogP contribution in [0.2, 0.25) is 18.1 Å². The van der Waals surface area contributed by atoms with Gasteiger partial charge in [0.25, 0.3) is 0 Å². The number of hydrogen-bond acceptors (Lipinski definition) is 5. The van der Waals surface area contributed by atoms with Crippen LogP contribution in [0.4, 0.5) is 0 Å². The fourth-order valence-corrected chi connectivity index (χ4v) is 6.21. The number of rotatable bonds is 3. The molecular formula is C14H28NO5PSSi. The van der Waals surface area contributed by atoms with Gasteiger partial charge < -0.3 is 14.1 Å². The smallest absolute Gasteiger partial charge is 0.246 e. The molecule has 0 aromatic carbocycles. The van der Waals surface area contributed by atoms with Crippen LogP contribution in [0.5, 0.6) is 0 Å². The van der Waals surface area contributed by atoms with Crippen LogP contribution in [0.3, 0.4) is 0 Å². The molecule has 0 bridgehead atoms. The lowest BCUT2D eigenvalue weighted by Crippen LogP contribution is -2.50. The van der Waals surface area contributed by atoms with Gasteiger partial charge in [-0.05, 0) is 40.4 Å². The van der Waals surface area contributed by atoms with Gasteiger partial charge in [0.05, 0.1) is 18.8 Å². The lowest BCUT2D eigenvalue weighted by atomic mass is 10.2. The van der Waals surface area contributed by atoms with Crippen LogP contribution in [0.1, 0.15) is 34.6 Å². The molecule has 2 fully saturated rings. The normalized spacial score (nSPS) is 31.6. The van der Waals surface area contributed by atoms with Gasteiger partial charge in [0.1, 0.15) is 5.72 Å². The van der Waals surface area contributed by atoms with Crippen LogP contribution in [0, 0.1) is 0 Å². The van der Waals surface area contributed by atoms with Gasteiger partial charge in [-0.2, -0.15) is 0 Å². The summed E-state index contributed by atoms with van der Waals surface area (Å²) in [6.07, 6.45) is -0.687. The van der Waals surface area contributed by atoms with Crippen molar-refractivity contribution in [2.45, 2.75) is 75.9 Å². The zero-order valence-electron chi connectivity index (χ0n) is 14.9. The number of carbonyl (C=O) groups is 1. The number of carbonyl (C=O) groups excluding carboxylic acids is 1. The maximum Gasteiger partial charge on any atom is 0.246 e. The third kappa shape index (κ3) is 3.25. The molecule has 4 atom stereocenters. The van der Waals surface area contributed by atoms with Crippen LogP contribution < -0.4 is 0 Å². The first-order chi connectivity index (χ1) is 10.1. The highest BCUT2D eigenvalue weighted by atomic mass is 32.7. The molecule has 0 aromatic heterocycles. The van der Waals surface area contributed by atoms with E-state index in [0.717, 1.165) is 0 Å². The minimum absolute atomic E-state index is 0.0758. The van der Waals surface area contributed by atoms with Crippen LogP contribution in [-0.4, -0.2) is 57.3 Å². The van der Waals surface area contributed by atoms with Crippen LogP contribution >= 0.6 is 8.44 Å². The third-order valence-electron chi connectivity index (χ3n) is 5.27. The molecule has 2 aliphatic heterocycles. The maximum absolute atomic E-state index is 12.8. The van der Waals surface area contributed by atoms with E-state index in [1.165, 1.54) is 0 Å². The average molecular weight is 382 g/mol. The number of ether oxygens (including phenoxy) is 1. The minimum atomic E-state index is -3.64. The van der Waals surface area contributed by atoms with E-state index in [1.54, 1.807) is 18.7 Å². The molecule has 2 saturated heterocycles. The Hall–Kier alpha value is -0.0131. The maximum atomic E-state index is 12.8. The van der Waals surface area contributed by atoms with E-state index in [1.807, 2.05) is 8.44 Å². The molecule has 134 valence electrons. The van der Waals surface area contributed by atoms with E-state index in [0.29, 0.717) is 6.61 Å². The molecular weight excluding hydrogens is 353 g/mol. The first kappa shape index (κ1) is 19.3. The van der Waals surface area contributed by atoms with Crippen molar-refractivity contribution in [1.29, 1.82) is 0 Å². The Bertz CT molecular complexity index is 613. The molecule has 0 aromatic rings. The van der Waals surface area contributed by atoms with Crippen LogP contribution in [0.25, 0.3) is 0 Å². The van der Waals surface area contributed by atoms with E-state index >= 15 is 0 Å². The summed E-state index contributed by atoms with van der Waals surface area (Å²) in [6.45, 7) is 14.3. The van der Waals surface area contributed by atoms with E-state index in [-0.39, 0.29) is 11.1 Å². The summed E-state index contributed by atoms with van der Waals surface area (Å²) in [5, 5.41) is -1.25. The second kappa shape index (κ2) is 5.49. The Labute approximate surface area is 142 Å². The molecule has 1 amide bonds. The van der Waals surface area contributed by atoms with Crippen LogP contribution in [-0.2, 0) is 23.4 Å². The van der Waals surface area contributed by atoms with Crippen molar-refractivity contribution >= 4 is 32.1 Å². The zero-order valence-corrected chi connectivity index (χ0v) is 17.9. The second-order valence-corrected chi connectivity index (χ2v) is 16.8. The minimum Gasteiger partial charge on any atom is -0.410 e. The van der Waals surface area contributed by atoms with E-state index in [2.05, 4.69) is 33.9 Å². The van der Waals surface area contributed by atoms with Crippen molar-refractivity contribution in [3.05, 3.63) is 0 Å². The number of fused-ring (bicyclic) bond motifs is 1. The Kier molecular flexibility index (Phi) is 4.61. The summed E-state index contributed by atoms with van der Waals surface area (Å²) in [6, 6.07) is -0.355. The molecule has 2 rings (SSSR count). The highest BCUT2D eigenvalue weighted by Gasteiger charge is 2.62. The summed E-state index contributed by atoms with van der Waals surface area (Å²) in [5.74, 6) is -0.420. The standard InChI is InChI=1S/C14H28NO5PSSi/c1-13(2,3)23(6,7)20-10-9-8-19-14(4,5)15(9)12(16)11(10)22(17,18)21/h9-11H,8,21H2,1-7H3/t9-,10-,11?/m0/s1. The number of nitrogens with zero attached hydrogens (tertiary/aromatic N) is 1. The Morgan fingerprint density at radius 2 is 1.87 bits per heavy atom. The average Bonchev–Trinajstić information content (AvgIpc) is 2.74. The molecule has 0 radical (unpaired) electrons. The van der Waals surface area contributed by atoms with E-state index in [4.69, 9.17) is 9.16 Å². The van der Waals surface area contributed by atoms with Crippen molar-refractivity contribution in [2.24, 2.45) is 0 Å². The van der Waals surface area contributed by atoms with Gasteiger partial charge >= 0.3 is 0 Å². The fraction of sp³-hybridized carbons (Fsp3) is 0.929. The van der Waals surface area contributed by atoms with Gasteiger partial charge in [-0.15, -0.1) is 0 Å². The third-order valence-corrected chi connectivity index (χ3v) is 11.8. The molecule has 0 spiro atoms. The number of hydrogen-bond donors (Lipinski definition) is 0. The van der Waals surface area contributed by atoms with Crippen molar-refractivity contribution in [3.8, 4) is 0 Å². The Balaban J connectivity index is 2.45. The monoisotopic (exact) mass is 381 g/mol. The topological polar surface area (TPSA) is 72.9 Å². The molecule has 2 aliphatic rings. The molecule has 9 heteroatoms. The van der Waals surface area contributed by atoms with Crippen molar-refractivity contribution in [3.63, 3.8) is 0 Å². The molecule has 6 nitrogen and oxygen atoms in total. The highest BCUT2D eigenvalue weighted by molar-refractivity contribution is 8.38. The van der Waals surface area contributed by atoms with E-state index in [9.17, 15) is 13.2 Å². The van der Waals surface area contributed by atoms with Gasteiger partial charge in [-0.1, -0.05) is 20.8 Å². The summed E-state index contributed by atoms with van der Waals surface area (Å²) in [4.78, 5) is 14.3. The first-order valence-electron chi connectivity index (χ1n) is 7.76. The lowest BCUT2D eigenvalue weighted by Gasteiger charge is -2.40. The predicted octanol–water partition coefficient (Wildman–Crippen LogP) is 1.93. The lowest BCUT2D eigenvalue weighted by molar-refractivity contribution is -0.141. The zero-order chi connectivity index (χ0) is 18.0. The first-order valence-corrected chi connectivity index (χ1v) is 13.7. The quantitative estimate of drug-likeness (QED) is 0.552. The summed E-state index contributed by atoms with van der Waals surface area (Å²) in [5.41, 5.74) is -0.805. The summed E-state index contributed by atoms with van der Waals surface area (Å²) < 4.78 is 36.6. The largest absolute Gasteiger partial charge is 0.410 e. The molecule has 0 saturated carbocycles. The molecule has 2 heterocycles. The second-order valence-electron chi connectivity index (χ2n) is 8.39. The van der Waals surface area contributed by atoms with Gasteiger partial charge in [0.2, 0.25) is 5.91 Å². The molecule has 23 heavy (non-hydrogen) atoms. The fourth-order valence-electron chi connectivity index (χ4n) is 2.97. The van der Waals surface area contributed by atoms with Gasteiger partial charge in [0.15, 0.2) is 23.0 Å². The molecule has 0 N–H and O–H groups in total. The van der Waals surface area contributed by atoms with E-state index < -0.39 is 40.8 Å². The SMILES string of the molecule is CC1(C)OC[C@H]2[C@H](O[Si](C)(C)C(C)(C)C)C(S(=O)(=O)P)C(=O)N21. The van der Waals surface area contributed by atoms with Gasteiger partial charge in [-0.3, -0.25) is 4.79 Å². The Morgan fingerprint density at radius 3 is 2.30 bits per heavy atom. The summed E-state index contributed by atoms with van der Waals surface area (Å²) in [7, 11) is -4.05. The van der Waals surface area contributed by atoms with Gasteiger partial charge in [-0.25, -0.2) is 8.42 Å². The van der Waals surface area contributed by atoms with Gasteiger partial charge in [0, 0.05) is 0 Å². The van der Waals surface area contributed by atoms with Crippen LogP contribution in [0.15, 0.2) is 0 Å². The highest BCUT2D eigenvalue weighted by Crippen LogP contribution is 2.44. The molecule has 0 aliphatic carbocycles. The number of amides is 1. The predicted molar refractivity (Wildman–Crippen MR) is 95.2 cm³/mol. The van der Waals surface area contributed by atoms with Crippen molar-refractivity contribution in [1.82, 2.24) is 4.90 Å². The summed E-state index contributed by atoms with van der Waals surface area (Å²) >= 11 is 0. The van der Waals surface area contributed by atoms with Crippen molar-refractivity contribution < 1.29 is 22.4 Å². The molecule has 2 unspecified atom stereocenters. The van der Waals surface area contributed by atoms with Crippen molar-refractivity contribution in [2.75, 3.05) is 6.61 Å². The Morgan fingerprint density at radius 1 is 1.35 bits per heavy atom.